The van der Waals surface area contributed by atoms with E-state index in [-0.39, 0.29) is 17.9 Å². The monoisotopic (exact) mass is 301 g/mol. The smallest absolute Gasteiger partial charge is 0.315 e. The number of carboxylic acid groups (broad SMARTS) is 1. The number of nitrogens with one attached hydrogen (secondary N) is 1. The molecule has 0 radical (unpaired) electrons. The minimum atomic E-state index is -1.11. The van der Waals surface area contributed by atoms with Crippen LogP contribution in [-0.4, -0.2) is 27.2 Å². The van der Waals surface area contributed by atoms with Crippen molar-refractivity contribution in [1.82, 2.24) is 9.55 Å². The minimum Gasteiger partial charge on any atom is -0.481 e. The first-order valence-electron chi connectivity index (χ1n) is 7.05. The third kappa shape index (κ3) is 2.86. The summed E-state index contributed by atoms with van der Waals surface area (Å²) in [6.07, 6.45) is 3.45. The molecule has 0 fully saturated rings. The van der Waals surface area contributed by atoms with Gasteiger partial charge in [-0.1, -0.05) is 37.3 Å². The van der Waals surface area contributed by atoms with Crippen molar-refractivity contribution in [2.75, 3.05) is 11.9 Å². The van der Waals surface area contributed by atoms with Crippen LogP contribution in [0.4, 0.5) is 5.82 Å². The molecule has 22 heavy (non-hydrogen) atoms. The second kappa shape index (κ2) is 6.43. The highest BCUT2D eigenvalue weighted by Gasteiger charge is 2.38. The summed E-state index contributed by atoms with van der Waals surface area (Å²) in [6.45, 7) is 1.91. The zero-order chi connectivity index (χ0) is 16.2. The van der Waals surface area contributed by atoms with Crippen molar-refractivity contribution in [3.8, 4) is 0 Å². The number of carboxylic acids is 1. The van der Waals surface area contributed by atoms with E-state index in [2.05, 4.69) is 10.3 Å². The van der Waals surface area contributed by atoms with E-state index < -0.39 is 11.4 Å². The number of benzene rings is 1. The van der Waals surface area contributed by atoms with Gasteiger partial charge in [-0.2, -0.15) is 0 Å². The minimum absolute atomic E-state index is 0.0924. The summed E-state index contributed by atoms with van der Waals surface area (Å²) >= 11 is 0. The highest BCUT2D eigenvalue weighted by molar-refractivity contribution is 5.82. The Morgan fingerprint density at radius 1 is 1.36 bits per heavy atom. The molecule has 0 aliphatic rings. The first-order valence-corrected chi connectivity index (χ1v) is 7.05. The molecule has 2 N–H and O–H groups in total. The van der Waals surface area contributed by atoms with E-state index in [4.69, 9.17) is 0 Å². The number of hydrogen-bond acceptors (Lipinski definition) is 4. The van der Waals surface area contributed by atoms with Crippen molar-refractivity contribution < 1.29 is 9.90 Å². The highest BCUT2D eigenvalue weighted by atomic mass is 16.4. The van der Waals surface area contributed by atoms with Gasteiger partial charge in [-0.3, -0.25) is 9.59 Å². The molecule has 1 heterocycles. The normalized spacial score (nSPS) is 13.4. The van der Waals surface area contributed by atoms with Gasteiger partial charge in [0.1, 0.15) is 5.41 Å². The summed E-state index contributed by atoms with van der Waals surface area (Å²) in [5.41, 5.74) is -0.694. The lowest BCUT2D eigenvalue weighted by molar-refractivity contribution is -0.143. The third-order valence-electron chi connectivity index (χ3n) is 3.91. The van der Waals surface area contributed by atoms with E-state index in [0.717, 1.165) is 0 Å². The van der Waals surface area contributed by atoms with E-state index in [0.29, 0.717) is 12.0 Å². The van der Waals surface area contributed by atoms with Crippen LogP contribution in [0.1, 0.15) is 18.9 Å². The topological polar surface area (TPSA) is 84.2 Å². The molecule has 2 aromatic rings. The Hall–Kier alpha value is -2.63. The molecule has 2 rings (SSSR count). The molecule has 6 heteroatoms. The van der Waals surface area contributed by atoms with Crippen LogP contribution in [0.3, 0.4) is 0 Å². The first kappa shape index (κ1) is 15.8. The van der Waals surface area contributed by atoms with Crippen LogP contribution in [0.25, 0.3) is 0 Å². The molecule has 0 aliphatic carbocycles. The molecule has 0 bridgehead atoms. The predicted octanol–water partition coefficient (Wildman–Crippen LogP) is 1.62. The fraction of sp³-hybridized carbons (Fsp3) is 0.312. The van der Waals surface area contributed by atoms with E-state index in [1.807, 2.05) is 25.1 Å². The molecule has 6 nitrogen and oxygen atoms in total. The molecule has 0 spiro atoms. The van der Waals surface area contributed by atoms with Gasteiger partial charge in [-0.05, 0) is 12.0 Å². The van der Waals surface area contributed by atoms with Crippen molar-refractivity contribution in [2.45, 2.75) is 18.8 Å². The maximum atomic E-state index is 12.0. The van der Waals surface area contributed by atoms with Crippen LogP contribution in [0.5, 0.6) is 0 Å². The molecule has 1 atom stereocenters. The Kier molecular flexibility index (Phi) is 4.60. The fourth-order valence-electron chi connectivity index (χ4n) is 2.39. The van der Waals surface area contributed by atoms with Gasteiger partial charge in [0.05, 0.1) is 0 Å². The number of aliphatic carboxylic acids is 1. The second-order valence-corrected chi connectivity index (χ2v) is 5.15. The average Bonchev–Trinajstić information content (AvgIpc) is 2.53. The van der Waals surface area contributed by atoms with Crippen molar-refractivity contribution in [1.29, 1.82) is 0 Å². The number of aryl methyl sites for hydroxylation is 1. The van der Waals surface area contributed by atoms with Crippen LogP contribution in [0, 0.1) is 0 Å². The Balaban J connectivity index is 2.34. The number of nitrogens with zero attached hydrogens (tertiary/aromatic N) is 2. The van der Waals surface area contributed by atoms with Gasteiger partial charge in [-0.15, -0.1) is 0 Å². The number of carbonyl (C=O) groups is 1. The Morgan fingerprint density at radius 3 is 2.64 bits per heavy atom. The van der Waals surface area contributed by atoms with Crippen LogP contribution < -0.4 is 10.9 Å². The molecule has 1 unspecified atom stereocenters. The molecule has 1 aromatic carbocycles. The van der Waals surface area contributed by atoms with Gasteiger partial charge in [-0.25, -0.2) is 4.98 Å². The van der Waals surface area contributed by atoms with Crippen molar-refractivity contribution >= 4 is 11.8 Å². The molecule has 0 saturated heterocycles. The van der Waals surface area contributed by atoms with Crippen molar-refractivity contribution in [3.63, 3.8) is 0 Å². The summed E-state index contributed by atoms with van der Waals surface area (Å²) < 4.78 is 1.40. The van der Waals surface area contributed by atoms with Gasteiger partial charge < -0.3 is 15.0 Å². The molecule has 0 aliphatic heterocycles. The van der Waals surface area contributed by atoms with E-state index in [1.54, 1.807) is 25.4 Å². The maximum Gasteiger partial charge on any atom is 0.315 e. The van der Waals surface area contributed by atoms with Crippen LogP contribution >= 0.6 is 0 Å². The summed E-state index contributed by atoms with van der Waals surface area (Å²) in [4.78, 5) is 27.8. The first-order chi connectivity index (χ1) is 10.5. The highest BCUT2D eigenvalue weighted by Crippen LogP contribution is 2.28. The van der Waals surface area contributed by atoms with E-state index in [1.165, 1.54) is 10.8 Å². The Labute approximate surface area is 128 Å². The van der Waals surface area contributed by atoms with Gasteiger partial charge in [0.15, 0.2) is 5.82 Å². The standard InChI is InChI=1S/C16H19N3O3/c1-3-16(15(21)22,12-7-5-4-6-8-12)11-18-13-14(20)19(2)10-9-17-13/h4-10H,3,11H2,1-2H3,(H,17,18)(H,21,22). The lowest BCUT2D eigenvalue weighted by atomic mass is 9.78. The predicted molar refractivity (Wildman–Crippen MR) is 84.0 cm³/mol. The molecule has 0 amide bonds. The lowest BCUT2D eigenvalue weighted by Gasteiger charge is -2.29. The van der Waals surface area contributed by atoms with Crippen molar-refractivity contribution in [2.24, 2.45) is 7.05 Å². The molecular formula is C16H19N3O3. The SMILES string of the molecule is CCC(CNc1nccn(C)c1=O)(C(=O)O)c1ccccc1. The lowest BCUT2D eigenvalue weighted by Crippen LogP contribution is -2.42. The Morgan fingerprint density at radius 2 is 2.05 bits per heavy atom. The zero-order valence-electron chi connectivity index (χ0n) is 12.6. The third-order valence-corrected chi connectivity index (χ3v) is 3.91. The van der Waals surface area contributed by atoms with Gasteiger partial charge in [0, 0.05) is 26.0 Å². The quantitative estimate of drug-likeness (QED) is 0.847. The average molecular weight is 301 g/mol. The van der Waals surface area contributed by atoms with Gasteiger partial charge in [0.2, 0.25) is 0 Å². The summed E-state index contributed by atoms with van der Waals surface area (Å²) in [5, 5.41) is 12.6. The molecule has 0 saturated carbocycles. The second-order valence-electron chi connectivity index (χ2n) is 5.15. The number of hydrogen-bond donors (Lipinski definition) is 2. The van der Waals surface area contributed by atoms with Crippen LogP contribution in [0.2, 0.25) is 0 Å². The van der Waals surface area contributed by atoms with Crippen LogP contribution in [0.15, 0.2) is 47.5 Å². The summed E-state index contributed by atoms with van der Waals surface area (Å²) in [6, 6.07) is 9.03. The molecule has 116 valence electrons. The number of aromatic nitrogens is 2. The summed E-state index contributed by atoms with van der Waals surface area (Å²) in [7, 11) is 1.62. The largest absolute Gasteiger partial charge is 0.481 e. The van der Waals surface area contributed by atoms with Crippen LogP contribution in [-0.2, 0) is 17.3 Å². The van der Waals surface area contributed by atoms with Crippen molar-refractivity contribution in [3.05, 3.63) is 58.6 Å². The zero-order valence-corrected chi connectivity index (χ0v) is 12.6. The molecule has 1 aromatic heterocycles. The van der Waals surface area contributed by atoms with Gasteiger partial charge in [0.25, 0.3) is 5.56 Å². The summed E-state index contributed by atoms with van der Waals surface area (Å²) in [5.74, 6) is -0.776. The van der Waals surface area contributed by atoms with E-state index in [9.17, 15) is 14.7 Å². The maximum absolute atomic E-state index is 12.0. The fourth-order valence-corrected chi connectivity index (χ4v) is 2.39. The molecular weight excluding hydrogens is 282 g/mol. The Bertz CT molecular complexity index is 712. The number of anilines is 1. The van der Waals surface area contributed by atoms with E-state index >= 15 is 0 Å². The number of rotatable bonds is 6. The van der Waals surface area contributed by atoms with Gasteiger partial charge >= 0.3 is 5.97 Å².